The van der Waals surface area contributed by atoms with Crippen molar-refractivity contribution in [2.75, 3.05) is 6.54 Å². The first-order valence-corrected chi connectivity index (χ1v) is 11.3. The fraction of sp³-hybridized carbons (Fsp3) is 0.286. The lowest BCUT2D eigenvalue weighted by Crippen LogP contribution is -2.33. The highest BCUT2D eigenvalue weighted by molar-refractivity contribution is 5.85. The van der Waals surface area contributed by atoms with Crippen LogP contribution < -0.4 is 14.8 Å². The van der Waals surface area contributed by atoms with Crippen molar-refractivity contribution in [1.82, 2.24) is 5.32 Å². The smallest absolute Gasteiger partial charge is 0.416 e. The zero-order valence-electron chi connectivity index (χ0n) is 19.4. The van der Waals surface area contributed by atoms with Gasteiger partial charge >= 0.3 is 6.18 Å². The van der Waals surface area contributed by atoms with E-state index < -0.39 is 17.3 Å². The topological polar surface area (TPSA) is 30.5 Å². The third-order valence-electron chi connectivity index (χ3n) is 5.63. The van der Waals surface area contributed by atoms with E-state index in [4.69, 9.17) is 9.47 Å². The Morgan fingerprint density at radius 2 is 1.68 bits per heavy atom. The minimum atomic E-state index is -4.36. The van der Waals surface area contributed by atoms with E-state index in [1.807, 2.05) is 63.2 Å². The van der Waals surface area contributed by atoms with Crippen LogP contribution in [0.3, 0.4) is 0 Å². The summed E-state index contributed by atoms with van der Waals surface area (Å²) in [7, 11) is 0. The number of hydrogen-bond donors (Lipinski definition) is 1. The average Bonchev–Trinajstić information content (AvgIpc) is 2.78. The summed E-state index contributed by atoms with van der Waals surface area (Å²) in [5.74, 6) is 1.29. The first kappa shape index (κ1) is 23.9. The summed E-state index contributed by atoms with van der Waals surface area (Å²) in [5, 5.41) is 3.36. The minimum Gasteiger partial charge on any atom is -0.483 e. The van der Waals surface area contributed by atoms with Gasteiger partial charge in [-0.05, 0) is 74.2 Å². The summed E-state index contributed by atoms with van der Waals surface area (Å²) in [4.78, 5) is 0. The molecule has 0 aliphatic carbocycles. The lowest BCUT2D eigenvalue weighted by molar-refractivity contribution is -0.137. The molecule has 0 saturated carbocycles. The summed E-state index contributed by atoms with van der Waals surface area (Å²) < 4.78 is 51.1. The molecule has 1 heterocycles. The molecule has 1 unspecified atom stereocenters. The van der Waals surface area contributed by atoms with Crippen LogP contribution in [0, 0.1) is 0 Å². The van der Waals surface area contributed by atoms with Crippen LogP contribution in [0.4, 0.5) is 13.2 Å². The third kappa shape index (κ3) is 5.81. The fourth-order valence-electron chi connectivity index (χ4n) is 4.01. The van der Waals surface area contributed by atoms with Crippen LogP contribution in [0.1, 0.15) is 43.0 Å². The van der Waals surface area contributed by atoms with Gasteiger partial charge in [0.15, 0.2) is 0 Å². The molecule has 34 heavy (non-hydrogen) atoms. The van der Waals surface area contributed by atoms with E-state index in [0.29, 0.717) is 17.1 Å². The predicted molar refractivity (Wildman–Crippen MR) is 128 cm³/mol. The van der Waals surface area contributed by atoms with Crippen molar-refractivity contribution in [3.8, 4) is 11.5 Å². The third-order valence-corrected chi connectivity index (χ3v) is 5.63. The van der Waals surface area contributed by atoms with Crippen LogP contribution >= 0.6 is 0 Å². The van der Waals surface area contributed by atoms with Gasteiger partial charge in [-0.2, -0.15) is 13.2 Å². The number of nitrogens with one attached hydrogen (secondary N) is 1. The van der Waals surface area contributed by atoms with Crippen molar-refractivity contribution < 1.29 is 22.6 Å². The second-order valence-electron chi connectivity index (χ2n) is 8.95. The number of hydrogen-bond acceptors (Lipinski definition) is 3. The van der Waals surface area contributed by atoms with E-state index in [9.17, 15) is 13.2 Å². The van der Waals surface area contributed by atoms with E-state index >= 15 is 0 Å². The second-order valence-corrected chi connectivity index (χ2v) is 8.95. The van der Waals surface area contributed by atoms with Gasteiger partial charge in [0.05, 0.1) is 5.56 Å². The molecule has 178 valence electrons. The first-order valence-electron chi connectivity index (χ1n) is 11.3. The highest BCUT2D eigenvalue weighted by Crippen LogP contribution is 2.42. The van der Waals surface area contributed by atoms with Crippen molar-refractivity contribution in [1.29, 1.82) is 0 Å². The molecule has 6 heteroatoms. The first-order chi connectivity index (χ1) is 16.1. The molecule has 0 fully saturated rings. The van der Waals surface area contributed by atoms with E-state index in [1.54, 1.807) is 0 Å². The van der Waals surface area contributed by atoms with Crippen LogP contribution in [0.15, 0.2) is 78.9 Å². The minimum absolute atomic E-state index is 0.205. The average molecular weight is 468 g/mol. The Labute approximate surface area is 198 Å². The molecule has 0 saturated heterocycles. The Morgan fingerprint density at radius 3 is 2.35 bits per heavy atom. The zero-order valence-corrected chi connectivity index (χ0v) is 19.4. The lowest BCUT2D eigenvalue weighted by Gasteiger charge is -2.32. The highest BCUT2D eigenvalue weighted by Gasteiger charge is 2.31. The molecule has 3 aromatic rings. The molecule has 0 amide bonds. The monoisotopic (exact) mass is 467 g/mol. The van der Waals surface area contributed by atoms with Crippen molar-refractivity contribution in [3.05, 3.63) is 101 Å². The van der Waals surface area contributed by atoms with E-state index in [1.165, 1.54) is 17.7 Å². The zero-order chi connectivity index (χ0) is 24.3. The maximum absolute atomic E-state index is 13.0. The Hall–Kier alpha value is -3.25. The summed E-state index contributed by atoms with van der Waals surface area (Å²) in [6.45, 7) is 6.56. The fourth-order valence-corrected chi connectivity index (χ4v) is 4.01. The largest absolute Gasteiger partial charge is 0.483 e. The lowest BCUT2D eigenvalue weighted by atomic mass is 9.89. The number of rotatable bonds is 7. The van der Waals surface area contributed by atoms with Gasteiger partial charge in [-0.1, -0.05) is 42.5 Å². The molecule has 1 atom stereocenters. The van der Waals surface area contributed by atoms with Crippen LogP contribution in [-0.4, -0.2) is 18.4 Å². The van der Waals surface area contributed by atoms with Gasteiger partial charge in [0.1, 0.15) is 23.3 Å². The molecular formula is C28H28F3NO2. The van der Waals surface area contributed by atoms with E-state index in [0.717, 1.165) is 36.2 Å². The van der Waals surface area contributed by atoms with Crippen LogP contribution in [0.25, 0.3) is 5.57 Å². The van der Waals surface area contributed by atoms with Gasteiger partial charge in [0, 0.05) is 18.2 Å². The van der Waals surface area contributed by atoms with Gasteiger partial charge in [-0.25, -0.2) is 0 Å². The number of benzene rings is 3. The molecule has 1 N–H and O–H groups in total. The van der Waals surface area contributed by atoms with E-state index in [-0.39, 0.29) is 6.23 Å². The summed E-state index contributed by atoms with van der Waals surface area (Å²) >= 11 is 0. The second kappa shape index (κ2) is 9.55. The molecule has 1 aliphatic rings. The summed E-state index contributed by atoms with van der Waals surface area (Å²) in [6.07, 6.45) is -1.73. The summed E-state index contributed by atoms with van der Waals surface area (Å²) in [6, 6.07) is 21.0. The van der Waals surface area contributed by atoms with Crippen molar-refractivity contribution in [2.24, 2.45) is 0 Å². The normalized spacial score (nSPS) is 15.6. The van der Waals surface area contributed by atoms with Gasteiger partial charge in [-0.15, -0.1) is 0 Å². The molecule has 0 aromatic heterocycles. The highest BCUT2D eigenvalue weighted by atomic mass is 19.4. The predicted octanol–water partition coefficient (Wildman–Crippen LogP) is 6.87. The van der Waals surface area contributed by atoms with Crippen molar-refractivity contribution >= 4 is 5.57 Å². The number of ether oxygens (including phenoxy) is 2. The number of fused-ring (bicyclic) bond motifs is 1. The molecule has 3 nitrogen and oxygen atoms in total. The molecular weight excluding hydrogens is 439 g/mol. The Balaban J connectivity index is 1.48. The van der Waals surface area contributed by atoms with Crippen LogP contribution in [-0.2, 0) is 12.6 Å². The Bertz CT molecular complexity index is 1150. The molecule has 0 bridgehead atoms. The maximum atomic E-state index is 13.0. The number of alkyl halides is 3. The number of halogens is 3. The molecule has 0 spiro atoms. The van der Waals surface area contributed by atoms with E-state index in [2.05, 4.69) is 17.4 Å². The van der Waals surface area contributed by atoms with Gasteiger partial charge in [-0.3, -0.25) is 5.32 Å². The van der Waals surface area contributed by atoms with Gasteiger partial charge in [0.2, 0.25) is 0 Å². The molecule has 0 radical (unpaired) electrons. The maximum Gasteiger partial charge on any atom is 0.416 e. The van der Waals surface area contributed by atoms with Crippen molar-refractivity contribution in [2.45, 2.75) is 45.2 Å². The molecule has 1 aliphatic heterocycles. The van der Waals surface area contributed by atoms with Gasteiger partial charge < -0.3 is 9.47 Å². The van der Waals surface area contributed by atoms with Crippen LogP contribution in [0.2, 0.25) is 0 Å². The van der Waals surface area contributed by atoms with Crippen LogP contribution in [0.5, 0.6) is 11.5 Å². The molecule has 4 rings (SSSR count). The molecule has 3 aromatic carbocycles. The summed E-state index contributed by atoms with van der Waals surface area (Å²) in [5.41, 5.74) is 2.32. The quantitative estimate of drug-likeness (QED) is 0.385. The Kier molecular flexibility index (Phi) is 6.71. The SMILES string of the molecule is CC(NCCc1ccccc1)Oc1ccc2c(c1)OC(C)(C)C=C2c1ccc(C(F)(F)F)cc1. The van der Waals surface area contributed by atoms with Crippen molar-refractivity contribution in [3.63, 3.8) is 0 Å². The standard InChI is InChI=1S/C28H28F3NO2/c1-19(32-16-15-20-7-5-4-6-8-20)33-23-13-14-24-25(18-27(2,3)34-26(24)17-23)21-9-11-22(12-10-21)28(29,30)31/h4-14,17-19,32H,15-16H2,1-3H3. The Morgan fingerprint density at radius 1 is 0.971 bits per heavy atom. The van der Waals surface area contributed by atoms with Gasteiger partial charge in [0.25, 0.3) is 0 Å².